The van der Waals surface area contributed by atoms with Crippen LogP contribution in [0.15, 0.2) is 30.3 Å². The van der Waals surface area contributed by atoms with Crippen LogP contribution in [-0.2, 0) is 9.53 Å². The molecule has 0 radical (unpaired) electrons. The number of Topliss-reactive ketones (excluding diaryl/α,β-unsaturated/α-hetero) is 1. The minimum atomic E-state index is -0.725. The zero-order valence-corrected chi connectivity index (χ0v) is 9.77. The first-order valence-electron chi connectivity index (χ1n) is 5.32. The Balaban J connectivity index is 2.65. The molecule has 16 heavy (non-hydrogen) atoms. The highest BCUT2D eigenvalue weighted by atomic mass is 16.5. The largest absolute Gasteiger partial charge is 0.454 e. The summed E-state index contributed by atoms with van der Waals surface area (Å²) in [4.78, 5) is 23.1. The lowest BCUT2D eigenvalue weighted by Gasteiger charge is -2.13. The average Bonchev–Trinajstić information content (AvgIpc) is 2.28. The predicted octanol–water partition coefficient (Wildman–Crippen LogP) is 2.46. The van der Waals surface area contributed by atoms with Gasteiger partial charge in [0.25, 0.3) is 0 Å². The van der Waals surface area contributed by atoms with Crippen LogP contribution in [0.1, 0.15) is 31.1 Å². The number of esters is 1. The number of benzene rings is 1. The number of hydrogen-bond donors (Lipinski definition) is 0. The summed E-state index contributed by atoms with van der Waals surface area (Å²) < 4.78 is 5.04. The molecule has 1 atom stereocenters. The monoisotopic (exact) mass is 220 g/mol. The van der Waals surface area contributed by atoms with Crippen molar-refractivity contribution in [3.8, 4) is 0 Å². The zero-order chi connectivity index (χ0) is 12.1. The Labute approximate surface area is 95.4 Å². The minimum absolute atomic E-state index is 0.172. The van der Waals surface area contributed by atoms with Gasteiger partial charge in [-0.05, 0) is 6.92 Å². The molecule has 3 nitrogen and oxygen atoms in total. The highest BCUT2D eigenvalue weighted by Gasteiger charge is 2.20. The van der Waals surface area contributed by atoms with E-state index < -0.39 is 6.10 Å². The fourth-order valence-corrected chi connectivity index (χ4v) is 1.20. The highest BCUT2D eigenvalue weighted by Crippen LogP contribution is 2.08. The Morgan fingerprint density at radius 1 is 1.06 bits per heavy atom. The van der Waals surface area contributed by atoms with E-state index >= 15 is 0 Å². The van der Waals surface area contributed by atoms with Crippen LogP contribution in [-0.4, -0.2) is 17.9 Å². The van der Waals surface area contributed by atoms with Gasteiger partial charge in [0.15, 0.2) is 6.10 Å². The predicted molar refractivity (Wildman–Crippen MR) is 61.2 cm³/mol. The lowest BCUT2D eigenvalue weighted by atomic mass is 10.1. The van der Waals surface area contributed by atoms with Crippen LogP contribution in [0.25, 0.3) is 0 Å². The van der Waals surface area contributed by atoms with Crippen molar-refractivity contribution in [2.45, 2.75) is 26.9 Å². The minimum Gasteiger partial charge on any atom is -0.454 e. The number of ketones is 1. The standard InChI is InChI=1S/C13H16O3/c1-9(2)13(15)16-10(3)12(14)11-7-5-4-6-8-11/h4-10H,1-3H3. The van der Waals surface area contributed by atoms with Gasteiger partial charge in [-0.3, -0.25) is 9.59 Å². The summed E-state index contributed by atoms with van der Waals surface area (Å²) in [5.41, 5.74) is 0.562. The van der Waals surface area contributed by atoms with E-state index in [-0.39, 0.29) is 17.7 Å². The molecule has 0 aliphatic heterocycles. The Hall–Kier alpha value is -1.64. The topological polar surface area (TPSA) is 43.4 Å². The molecular weight excluding hydrogens is 204 g/mol. The van der Waals surface area contributed by atoms with Gasteiger partial charge in [0.05, 0.1) is 5.92 Å². The summed E-state index contributed by atoms with van der Waals surface area (Å²) in [7, 11) is 0. The van der Waals surface area contributed by atoms with Crippen molar-refractivity contribution in [3.05, 3.63) is 35.9 Å². The molecule has 0 N–H and O–H groups in total. The smallest absolute Gasteiger partial charge is 0.309 e. The van der Waals surface area contributed by atoms with E-state index in [1.807, 2.05) is 6.07 Å². The van der Waals surface area contributed by atoms with Crippen LogP contribution < -0.4 is 0 Å². The Bertz CT molecular complexity index is 368. The van der Waals surface area contributed by atoms with Gasteiger partial charge in [-0.1, -0.05) is 44.2 Å². The molecule has 3 heteroatoms. The quantitative estimate of drug-likeness (QED) is 0.578. The molecular formula is C13H16O3. The van der Waals surface area contributed by atoms with Crippen molar-refractivity contribution in [2.75, 3.05) is 0 Å². The number of ether oxygens (including phenoxy) is 1. The van der Waals surface area contributed by atoms with Crippen molar-refractivity contribution < 1.29 is 14.3 Å². The molecule has 1 aromatic rings. The fourth-order valence-electron chi connectivity index (χ4n) is 1.20. The van der Waals surface area contributed by atoms with E-state index in [2.05, 4.69) is 0 Å². The highest BCUT2D eigenvalue weighted by molar-refractivity contribution is 6.00. The molecule has 1 rings (SSSR count). The number of carbonyl (C=O) groups is 2. The Kier molecular flexibility index (Phi) is 4.23. The van der Waals surface area contributed by atoms with Crippen molar-refractivity contribution in [1.29, 1.82) is 0 Å². The normalized spacial score (nSPS) is 12.2. The maximum absolute atomic E-state index is 11.8. The lowest BCUT2D eigenvalue weighted by Crippen LogP contribution is -2.26. The fraction of sp³-hybridized carbons (Fsp3) is 0.385. The van der Waals surface area contributed by atoms with Crippen LogP contribution >= 0.6 is 0 Å². The van der Waals surface area contributed by atoms with Gasteiger partial charge in [0, 0.05) is 5.56 Å². The van der Waals surface area contributed by atoms with Crippen LogP contribution in [0, 0.1) is 5.92 Å². The molecule has 0 saturated heterocycles. The molecule has 0 amide bonds. The van der Waals surface area contributed by atoms with E-state index in [9.17, 15) is 9.59 Å². The molecule has 86 valence electrons. The lowest BCUT2D eigenvalue weighted by molar-refractivity contribution is -0.150. The van der Waals surface area contributed by atoms with Crippen LogP contribution in [0.4, 0.5) is 0 Å². The van der Waals surface area contributed by atoms with Gasteiger partial charge in [-0.25, -0.2) is 0 Å². The molecule has 0 bridgehead atoms. The van der Waals surface area contributed by atoms with Crippen molar-refractivity contribution in [2.24, 2.45) is 5.92 Å². The Morgan fingerprint density at radius 2 is 1.62 bits per heavy atom. The number of hydrogen-bond acceptors (Lipinski definition) is 3. The molecule has 0 fully saturated rings. The summed E-state index contributed by atoms with van der Waals surface area (Å²) in [6.07, 6.45) is -0.725. The maximum atomic E-state index is 11.8. The van der Waals surface area contributed by atoms with E-state index in [4.69, 9.17) is 4.74 Å². The molecule has 0 aliphatic carbocycles. The van der Waals surface area contributed by atoms with Gasteiger partial charge in [0.2, 0.25) is 5.78 Å². The average molecular weight is 220 g/mol. The first-order chi connectivity index (χ1) is 7.52. The molecule has 0 spiro atoms. The van der Waals surface area contributed by atoms with Crippen molar-refractivity contribution >= 4 is 11.8 Å². The van der Waals surface area contributed by atoms with Gasteiger partial charge in [0.1, 0.15) is 0 Å². The molecule has 0 heterocycles. The second-order valence-corrected chi connectivity index (χ2v) is 3.96. The molecule has 0 aromatic heterocycles. The van der Waals surface area contributed by atoms with Gasteiger partial charge >= 0.3 is 5.97 Å². The second kappa shape index (κ2) is 5.45. The molecule has 1 aromatic carbocycles. The SMILES string of the molecule is CC(C)C(=O)OC(C)C(=O)c1ccccc1. The molecule has 0 aliphatic rings. The van der Waals surface area contributed by atoms with Crippen LogP contribution in [0.5, 0.6) is 0 Å². The Morgan fingerprint density at radius 3 is 2.12 bits per heavy atom. The number of rotatable bonds is 4. The van der Waals surface area contributed by atoms with E-state index in [1.165, 1.54) is 0 Å². The van der Waals surface area contributed by atoms with Gasteiger partial charge < -0.3 is 4.74 Å². The first-order valence-corrected chi connectivity index (χ1v) is 5.32. The van der Waals surface area contributed by atoms with Crippen LogP contribution in [0.2, 0.25) is 0 Å². The third-order valence-electron chi connectivity index (χ3n) is 2.19. The molecule has 0 saturated carbocycles. The zero-order valence-electron chi connectivity index (χ0n) is 9.77. The third kappa shape index (κ3) is 3.19. The van der Waals surface area contributed by atoms with E-state index in [0.29, 0.717) is 5.56 Å². The van der Waals surface area contributed by atoms with Crippen LogP contribution in [0.3, 0.4) is 0 Å². The first kappa shape index (κ1) is 12.4. The summed E-state index contributed by atoms with van der Waals surface area (Å²) in [5.74, 6) is -0.739. The summed E-state index contributed by atoms with van der Waals surface area (Å²) in [5, 5.41) is 0. The third-order valence-corrected chi connectivity index (χ3v) is 2.19. The van der Waals surface area contributed by atoms with Gasteiger partial charge in [-0.2, -0.15) is 0 Å². The van der Waals surface area contributed by atoms with E-state index in [1.54, 1.807) is 45.0 Å². The summed E-state index contributed by atoms with van der Waals surface area (Å²) in [6.45, 7) is 5.07. The molecule has 1 unspecified atom stereocenters. The van der Waals surface area contributed by atoms with E-state index in [0.717, 1.165) is 0 Å². The van der Waals surface area contributed by atoms with Crippen molar-refractivity contribution in [1.82, 2.24) is 0 Å². The second-order valence-electron chi connectivity index (χ2n) is 3.96. The summed E-state index contributed by atoms with van der Waals surface area (Å²) >= 11 is 0. The number of carbonyl (C=O) groups excluding carboxylic acids is 2. The van der Waals surface area contributed by atoms with Crippen molar-refractivity contribution in [3.63, 3.8) is 0 Å². The summed E-state index contributed by atoms with van der Waals surface area (Å²) in [6, 6.07) is 8.82. The van der Waals surface area contributed by atoms with Gasteiger partial charge in [-0.15, -0.1) is 0 Å². The maximum Gasteiger partial charge on any atom is 0.309 e.